The van der Waals surface area contributed by atoms with Gasteiger partial charge in [0, 0.05) is 11.6 Å². The molecule has 19 heavy (non-hydrogen) atoms. The quantitative estimate of drug-likeness (QED) is 0.880. The molecule has 0 bridgehead atoms. The number of hydrogen-bond donors (Lipinski definition) is 1. The Balaban J connectivity index is 1.98. The van der Waals surface area contributed by atoms with Crippen LogP contribution in [-0.2, 0) is 11.3 Å². The van der Waals surface area contributed by atoms with Crippen LogP contribution in [-0.4, -0.2) is 19.2 Å². The molecule has 2 unspecified atom stereocenters. The summed E-state index contributed by atoms with van der Waals surface area (Å²) in [5, 5.41) is 4.08. The van der Waals surface area contributed by atoms with Gasteiger partial charge in [-0.1, -0.05) is 43.5 Å². The van der Waals surface area contributed by atoms with Crippen LogP contribution >= 0.6 is 11.6 Å². The maximum Gasteiger partial charge on any atom is 0.0813 e. The molecular weight excluding hydrogens is 258 g/mol. The van der Waals surface area contributed by atoms with Gasteiger partial charge in [0.2, 0.25) is 0 Å². The molecule has 2 rings (SSSR count). The fourth-order valence-electron chi connectivity index (χ4n) is 3.09. The number of hydrogen-bond acceptors (Lipinski definition) is 2. The lowest BCUT2D eigenvalue weighted by molar-refractivity contribution is -0.0880. The molecule has 1 N–H and O–H groups in total. The number of benzene rings is 1. The molecule has 2 atom stereocenters. The molecule has 0 aliphatic heterocycles. The molecule has 1 aliphatic rings. The van der Waals surface area contributed by atoms with Crippen LogP contribution in [0.3, 0.4) is 0 Å². The second-order valence-electron chi connectivity index (χ2n) is 5.83. The molecular formula is C16H24ClNO. The van der Waals surface area contributed by atoms with Gasteiger partial charge in [-0.2, -0.15) is 0 Å². The first kappa shape index (κ1) is 14.8. The van der Waals surface area contributed by atoms with Crippen molar-refractivity contribution >= 4 is 11.6 Å². The molecule has 0 heterocycles. The lowest BCUT2D eigenvalue weighted by atomic mass is 9.78. The van der Waals surface area contributed by atoms with Crippen molar-refractivity contribution in [2.75, 3.05) is 13.6 Å². The zero-order chi connectivity index (χ0) is 13.7. The van der Waals surface area contributed by atoms with E-state index in [4.69, 9.17) is 16.3 Å². The molecule has 1 saturated carbocycles. The van der Waals surface area contributed by atoms with E-state index in [1.807, 2.05) is 31.3 Å². The molecule has 1 aromatic rings. The minimum Gasteiger partial charge on any atom is -0.369 e. The number of ether oxygens (including phenoxy) is 1. The average molecular weight is 282 g/mol. The smallest absolute Gasteiger partial charge is 0.0813 e. The van der Waals surface area contributed by atoms with Crippen LogP contribution in [0.5, 0.6) is 0 Å². The molecule has 106 valence electrons. The van der Waals surface area contributed by atoms with Gasteiger partial charge in [0.15, 0.2) is 0 Å². The van der Waals surface area contributed by atoms with Crippen molar-refractivity contribution < 1.29 is 4.74 Å². The Morgan fingerprint density at radius 2 is 2.11 bits per heavy atom. The van der Waals surface area contributed by atoms with Crippen LogP contribution in [0.4, 0.5) is 0 Å². The molecule has 1 aliphatic carbocycles. The van der Waals surface area contributed by atoms with Crippen molar-refractivity contribution in [2.24, 2.45) is 5.92 Å². The maximum absolute atomic E-state index is 6.30. The van der Waals surface area contributed by atoms with Gasteiger partial charge in [0.25, 0.3) is 0 Å². The van der Waals surface area contributed by atoms with Crippen molar-refractivity contribution in [3.05, 3.63) is 34.9 Å². The third kappa shape index (κ3) is 4.20. The first-order valence-corrected chi connectivity index (χ1v) is 7.54. The standard InChI is InChI=1S/C16H24ClNO/c1-13-4-3-9-16(10-13,12-18-2)19-11-14-5-7-15(17)8-6-14/h5-8,13,18H,3-4,9-12H2,1-2H3. The highest BCUT2D eigenvalue weighted by Gasteiger charge is 2.35. The largest absolute Gasteiger partial charge is 0.369 e. The summed E-state index contributed by atoms with van der Waals surface area (Å²) in [6.45, 7) is 3.94. The van der Waals surface area contributed by atoms with Gasteiger partial charge in [-0.3, -0.25) is 0 Å². The van der Waals surface area contributed by atoms with Crippen LogP contribution in [0.1, 0.15) is 38.2 Å². The molecule has 2 nitrogen and oxygen atoms in total. The van der Waals surface area contributed by atoms with Gasteiger partial charge in [-0.05, 0) is 43.5 Å². The average Bonchev–Trinajstić information content (AvgIpc) is 2.39. The summed E-state index contributed by atoms with van der Waals surface area (Å²) in [6, 6.07) is 7.94. The lowest BCUT2D eigenvalue weighted by Crippen LogP contribution is -2.45. The Morgan fingerprint density at radius 3 is 2.74 bits per heavy atom. The lowest BCUT2D eigenvalue weighted by Gasteiger charge is -2.40. The van der Waals surface area contributed by atoms with Crippen LogP contribution in [0, 0.1) is 5.92 Å². The Kier molecular flexibility index (Phi) is 5.26. The highest BCUT2D eigenvalue weighted by molar-refractivity contribution is 6.30. The monoisotopic (exact) mass is 281 g/mol. The molecule has 1 fully saturated rings. The molecule has 0 spiro atoms. The predicted octanol–water partition coefficient (Wildman–Crippen LogP) is 4.02. The Hall–Kier alpha value is -0.570. The predicted molar refractivity (Wildman–Crippen MR) is 80.5 cm³/mol. The normalized spacial score (nSPS) is 27.4. The molecule has 0 saturated heterocycles. The summed E-state index contributed by atoms with van der Waals surface area (Å²) in [4.78, 5) is 0. The van der Waals surface area contributed by atoms with E-state index >= 15 is 0 Å². The van der Waals surface area contributed by atoms with E-state index in [0.29, 0.717) is 6.61 Å². The topological polar surface area (TPSA) is 21.3 Å². The van der Waals surface area contributed by atoms with Gasteiger partial charge in [0.1, 0.15) is 0 Å². The van der Waals surface area contributed by atoms with Crippen molar-refractivity contribution in [1.29, 1.82) is 0 Å². The maximum atomic E-state index is 6.30. The van der Waals surface area contributed by atoms with E-state index in [1.54, 1.807) is 0 Å². The fourth-order valence-corrected chi connectivity index (χ4v) is 3.22. The van der Waals surface area contributed by atoms with Gasteiger partial charge >= 0.3 is 0 Å². The zero-order valence-electron chi connectivity index (χ0n) is 11.9. The molecule has 3 heteroatoms. The van der Waals surface area contributed by atoms with E-state index in [9.17, 15) is 0 Å². The Bertz CT molecular complexity index is 388. The van der Waals surface area contributed by atoms with Gasteiger partial charge < -0.3 is 10.1 Å². The number of rotatable bonds is 5. The first-order valence-electron chi connectivity index (χ1n) is 7.16. The third-order valence-corrected chi connectivity index (χ3v) is 4.26. The van der Waals surface area contributed by atoms with Crippen molar-refractivity contribution in [2.45, 2.75) is 44.8 Å². The summed E-state index contributed by atoms with van der Waals surface area (Å²) >= 11 is 5.91. The highest BCUT2D eigenvalue weighted by atomic mass is 35.5. The van der Waals surface area contributed by atoms with Crippen molar-refractivity contribution in [1.82, 2.24) is 5.32 Å². The number of halogens is 1. The fraction of sp³-hybridized carbons (Fsp3) is 0.625. The summed E-state index contributed by atoms with van der Waals surface area (Å²) in [5.41, 5.74) is 1.20. The van der Waals surface area contributed by atoms with Gasteiger partial charge in [-0.15, -0.1) is 0 Å². The first-order chi connectivity index (χ1) is 9.13. The number of likely N-dealkylation sites (N-methyl/N-ethyl adjacent to an activating group) is 1. The van der Waals surface area contributed by atoms with E-state index in [2.05, 4.69) is 12.2 Å². The minimum atomic E-state index is 0.00600. The van der Waals surface area contributed by atoms with Crippen LogP contribution in [0.2, 0.25) is 5.02 Å². The Labute approximate surface area is 121 Å². The van der Waals surface area contributed by atoms with Crippen molar-refractivity contribution in [3.63, 3.8) is 0 Å². The molecule has 0 amide bonds. The zero-order valence-corrected chi connectivity index (χ0v) is 12.7. The second-order valence-corrected chi connectivity index (χ2v) is 6.27. The van der Waals surface area contributed by atoms with Gasteiger partial charge in [-0.25, -0.2) is 0 Å². The Morgan fingerprint density at radius 1 is 1.37 bits per heavy atom. The van der Waals surface area contributed by atoms with Crippen LogP contribution in [0.15, 0.2) is 24.3 Å². The van der Waals surface area contributed by atoms with E-state index in [-0.39, 0.29) is 5.60 Å². The molecule has 1 aromatic carbocycles. The summed E-state index contributed by atoms with van der Waals surface area (Å²) in [6.07, 6.45) is 4.91. The van der Waals surface area contributed by atoms with Crippen LogP contribution < -0.4 is 5.32 Å². The van der Waals surface area contributed by atoms with Crippen molar-refractivity contribution in [3.8, 4) is 0 Å². The molecule has 0 aromatic heterocycles. The highest BCUT2D eigenvalue weighted by Crippen LogP contribution is 2.35. The summed E-state index contributed by atoms with van der Waals surface area (Å²) < 4.78 is 6.30. The van der Waals surface area contributed by atoms with E-state index in [0.717, 1.165) is 30.3 Å². The summed E-state index contributed by atoms with van der Waals surface area (Å²) in [7, 11) is 2.01. The van der Waals surface area contributed by atoms with Gasteiger partial charge in [0.05, 0.1) is 12.2 Å². The SMILES string of the molecule is CNCC1(OCc2ccc(Cl)cc2)CCCC(C)C1. The van der Waals surface area contributed by atoms with E-state index < -0.39 is 0 Å². The minimum absolute atomic E-state index is 0.00600. The third-order valence-electron chi connectivity index (χ3n) is 4.01. The summed E-state index contributed by atoms with van der Waals surface area (Å²) in [5.74, 6) is 0.757. The van der Waals surface area contributed by atoms with E-state index in [1.165, 1.54) is 18.4 Å². The second kappa shape index (κ2) is 6.74. The number of nitrogens with one attached hydrogen (secondary N) is 1. The molecule has 0 radical (unpaired) electrons. The van der Waals surface area contributed by atoms with Crippen LogP contribution in [0.25, 0.3) is 0 Å².